The summed E-state index contributed by atoms with van der Waals surface area (Å²) in [6.45, 7) is 3.68. The molecule has 0 aliphatic carbocycles. The molecule has 2 N–H and O–H groups in total. The lowest BCUT2D eigenvalue weighted by molar-refractivity contribution is 0.0680. The van der Waals surface area contributed by atoms with E-state index >= 15 is 0 Å². The highest BCUT2D eigenvalue weighted by Crippen LogP contribution is 2.31. The quantitative estimate of drug-likeness (QED) is 0.225. The molecular formula is C28H34N2O6S2. The minimum Gasteiger partial charge on any atom is -0.497 e. The van der Waals surface area contributed by atoms with Gasteiger partial charge in [-0.05, 0) is 47.9 Å². The van der Waals surface area contributed by atoms with Crippen molar-refractivity contribution in [1.82, 2.24) is 9.21 Å². The topological polar surface area (TPSA) is 107 Å². The van der Waals surface area contributed by atoms with Crippen LogP contribution in [0.1, 0.15) is 19.4 Å². The molecule has 2 atom stereocenters. The second kappa shape index (κ2) is 13.7. The first kappa shape index (κ1) is 29.5. The Balaban J connectivity index is 1.96. The van der Waals surface area contributed by atoms with E-state index in [0.29, 0.717) is 5.75 Å². The number of methoxy groups -OCH3 is 1. The molecule has 0 fully saturated rings. The first-order valence-corrected chi connectivity index (χ1v) is 14.5. The average molecular weight is 559 g/mol. The maximum atomic E-state index is 13.6. The molecule has 0 saturated carbocycles. The van der Waals surface area contributed by atoms with Crippen molar-refractivity contribution >= 4 is 27.9 Å². The SMILES string of the molecule is COc1ccc(S(=O)(=O)N(CC(C)C)CC(O)C(Sc2ccccc2)N(Cc2ccccc2)C(=O)O)cc1. The number of amides is 1. The van der Waals surface area contributed by atoms with E-state index in [-0.39, 0.29) is 30.4 Å². The van der Waals surface area contributed by atoms with E-state index < -0.39 is 27.6 Å². The van der Waals surface area contributed by atoms with Gasteiger partial charge in [0, 0.05) is 18.0 Å². The summed E-state index contributed by atoms with van der Waals surface area (Å²) in [7, 11) is -2.49. The normalized spacial score (nSPS) is 13.3. The van der Waals surface area contributed by atoms with Gasteiger partial charge < -0.3 is 14.9 Å². The summed E-state index contributed by atoms with van der Waals surface area (Å²) in [5.41, 5.74) is 0.755. The van der Waals surface area contributed by atoms with Crippen LogP contribution in [0.2, 0.25) is 0 Å². The lowest BCUT2D eigenvalue weighted by atomic mass is 10.2. The van der Waals surface area contributed by atoms with Crippen molar-refractivity contribution in [2.24, 2.45) is 5.92 Å². The standard InChI is InChI=1S/C28H34N2O6S2/c1-21(2)18-29(38(34,35)25-16-14-23(36-3)15-17-25)20-26(31)27(37-24-12-8-5-9-13-24)30(28(32)33)19-22-10-6-4-7-11-22/h4-17,21,26-27,31H,18-20H2,1-3H3,(H,32,33). The summed E-state index contributed by atoms with van der Waals surface area (Å²) in [6.07, 6.45) is -2.54. The predicted octanol–water partition coefficient (Wildman–Crippen LogP) is 5.00. The maximum Gasteiger partial charge on any atom is 0.408 e. The van der Waals surface area contributed by atoms with Crippen LogP contribution in [0.5, 0.6) is 5.75 Å². The zero-order chi connectivity index (χ0) is 27.7. The Hall–Kier alpha value is -3.05. The smallest absolute Gasteiger partial charge is 0.408 e. The van der Waals surface area contributed by atoms with Crippen molar-refractivity contribution in [3.63, 3.8) is 0 Å². The van der Waals surface area contributed by atoms with Gasteiger partial charge in [-0.1, -0.05) is 74.1 Å². The average Bonchev–Trinajstić information content (AvgIpc) is 2.91. The molecule has 0 bridgehead atoms. The summed E-state index contributed by atoms with van der Waals surface area (Å²) >= 11 is 1.18. The summed E-state index contributed by atoms with van der Waals surface area (Å²) in [5, 5.41) is 20.7. The van der Waals surface area contributed by atoms with Gasteiger partial charge in [0.2, 0.25) is 10.0 Å². The number of benzene rings is 3. The number of hydrogen-bond donors (Lipinski definition) is 2. The molecule has 2 unspecified atom stereocenters. The Kier molecular flexibility index (Phi) is 10.6. The van der Waals surface area contributed by atoms with Gasteiger partial charge >= 0.3 is 6.09 Å². The van der Waals surface area contributed by atoms with Crippen LogP contribution in [-0.4, -0.2) is 65.6 Å². The van der Waals surface area contributed by atoms with Gasteiger partial charge in [0.25, 0.3) is 0 Å². The van der Waals surface area contributed by atoms with E-state index in [1.807, 2.05) is 74.5 Å². The number of thioether (sulfide) groups is 1. The number of aliphatic hydroxyl groups is 1. The van der Waals surface area contributed by atoms with Gasteiger partial charge in [0.05, 0.1) is 24.7 Å². The Morgan fingerprint density at radius 2 is 1.50 bits per heavy atom. The van der Waals surface area contributed by atoms with Gasteiger partial charge in [-0.25, -0.2) is 13.2 Å². The molecular weight excluding hydrogens is 524 g/mol. The van der Waals surface area contributed by atoms with Crippen LogP contribution in [0, 0.1) is 5.92 Å². The lowest BCUT2D eigenvalue weighted by Gasteiger charge is -2.35. The molecule has 3 aromatic rings. The Morgan fingerprint density at radius 1 is 0.921 bits per heavy atom. The van der Waals surface area contributed by atoms with Crippen LogP contribution in [0.3, 0.4) is 0 Å². The van der Waals surface area contributed by atoms with Gasteiger partial charge in [0.15, 0.2) is 0 Å². The monoisotopic (exact) mass is 558 g/mol. The molecule has 10 heteroatoms. The van der Waals surface area contributed by atoms with E-state index in [1.165, 1.54) is 35.3 Å². The molecule has 3 aromatic carbocycles. The fourth-order valence-corrected chi connectivity index (χ4v) is 6.66. The third-order valence-corrected chi connectivity index (χ3v) is 8.93. The minimum atomic E-state index is -3.98. The number of carboxylic acid groups (broad SMARTS) is 1. The number of hydrogen-bond acceptors (Lipinski definition) is 6. The zero-order valence-electron chi connectivity index (χ0n) is 21.7. The maximum absolute atomic E-state index is 13.6. The van der Waals surface area contributed by atoms with E-state index in [4.69, 9.17) is 4.74 Å². The van der Waals surface area contributed by atoms with Gasteiger partial charge in [-0.3, -0.25) is 4.90 Å². The number of carbonyl (C=O) groups is 1. The fraction of sp³-hybridized carbons (Fsp3) is 0.321. The zero-order valence-corrected chi connectivity index (χ0v) is 23.3. The molecule has 204 valence electrons. The number of nitrogens with zero attached hydrogens (tertiary/aromatic N) is 2. The molecule has 1 amide bonds. The van der Waals surface area contributed by atoms with Gasteiger partial charge in [0.1, 0.15) is 11.1 Å². The first-order valence-electron chi connectivity index (χ1n) is 12.2. The van der Waals surface area contributed by atoms with Crippen molar-refractivity contribution in [2.75, 3.05) is 20.2 Å². The number of aliphatic hydroxyl groups excluding tert-OH is 1. The highest BCUT2D eigenvalue weighted by molar-refractivity contribution is 8.00. The Labute approximate surface area is 228 Å². The molecule has 0 saturated heterocycles. The van der Waals surface area contributed by atoms with Crippen LogP contribution in [0.4, 0.5) is 4.79 Å². The molecule has 0 aliphatic rings. The highest BCUT2D eigenvalue weighted by Gasteiger charge is 2.35. The van der Waals surface area contributed by atoms with Crippen LogP contribution in [-0.2, 0) is 16.6 Å². The van der Waals surface area contributed by atoms with Crippen molar-refractivity contribution in [3.8, 4) is 5.75 Å². The van der Waals surface area contributed by atoms with Crippen molar-refractivity contribution < 1.29 is 28.2 Å². The van der Waals surface area contributed by atoms with Crippen molar-refractivity contribution in [2.45, 2.75) is 41.7 Å². The van der Waals surface area contributed by atoms with Gasteiger partial charge in [-0.2, -0.15) is 4.31 Å². The molecule has 0 aromatic heterocycles. The number of ether oxygens (including phenoxy) is 1. The molecule has 0 radical (unpaired) electrons. The van der Waals surface area contributed by atoms with Crippen LogP contribution in [0.15, 0.2) is 94.7 Å². The van der Waals surface area contributed by atoms with E-state index in [9.17, 15) is 23.4 Å². The number of sulfonamides is 1. The molecule has 0 aliphatic heterocycles. The summed E-state index contributed by atoms with van der Waals surface area (Å²) in [6, 6.07) is 24.3. The fourth-order valence-electron chi connectivity index (χ4n) is 3.91. The highest BCUT2D eigenvalue weighted by atomic mass is 32.2. The van der Waals surface area contributed by atoms with E-state index in [1.54, 1.807) is 12.1 Å². The summed E-state index contributed by atoms with van der Waals surface area (Å²) < 4.78 is 33.6. The van der Waals surface area contributed by atoms with E-state index in [0.717, 1.165) is 15.4 Å². The molecule has 38 heavy (non-hydrogen) atoms. The van der Waals surface area contributed by atoms with Crippen LogP contribution in [0.25, 0.3) is 0 Å². The third kappa shape index (κ3) is 7.97. The van der Waals surface area contributed by atoms with E-state index in [2.05, 4.69) is 0 Å². The van der Waals surface area contributed by atoms with Crippen molar-refractivity contribution in [1.29, 1.82) is 0 Å². The summed E-state index contributed by atoms with van der Waals surface area (Å²) in [5.74, 6) is 0.493. The lowest BCUT2D eigenvalue weighted by Crippen LogP contribution is -2.50. The Morgan fingerprint density at radius 3 is 2.03 bits per heavy atom. The minimum absolute atomic E-state index is 0.0321. The predicted molar refractivity (Wildman–Crippen MR) is 149 cm³/mol. The molecule has 8 nitrogen and oxygen atoms in total. The largest absolute Gasteiger partial charge is 0.497 e. The second-order valence-corrected chi connectivity index (χ2v) is 12.3. The Bertz CT molecular complexity index is 1260. The second-order valence-electron chi connectivity index (χ2n) is 9.18. The third-order valence-electron chi connectivity index (χ3n) is 5.73. The van der Waals surface area contributed by atoms with Crippen molar-refractivity contribution in [3.05, 3.63) is 90.5 Å². The summed E-state index contributed by atoms with van der Waals surface area (Å²) in [4.78, 5) is 14.4. The number of rotatable bonds is 13. The molecule has 0 spiro atoms. The van der Waals surface area contributed by atoms with Crippen LogP contribution < -0.4 is 4.74 Å². The van der Waals surface area contributed by atoms with Crippen LogP contribution >= 0.6 is 11.8 Å². The molecule has 3 rings (SSSR count). The van der Waals surface area contributed by atoms with Gasteiger partial charge in [-0.15, -0.1) is 0 Å². The molecule has 0 heterocycles. The first-order chi connectivity index (χ1) is 18.1.